The molecule has 3 saturated heterocycles. The third-order valence-electron chi connectivity index (χ3n) is 8.07. The first-order valence-corrected chi connectivity index (χ1v) is 13.3. The zero-order valence-electron chi connectivity index (χ0n) is 23.2. The molecule has 0 aromatic heterocycles. The van der Waals surface area contributed by atoms with Gasteiger partial charge in [0.1, 0.15) is 60.9 Å². The Kier molecular flexibility index (Phi) is 9.85. The van der Waals surface area contributed by atoms with E-state index in [1.54, 1.807) is 0 Å². The van der Waals surface area contributed by atoms with Gasteiger partial charge < -0.3 is 87.7 Å². The van der Waals surface area contributed by atoms with Gasteiger partial charge in [-0.2, -0.15) is 0 Å². The van der Waals surface area contributed by atoms with Gasteiger partial charge in [0, 0.05) is 0 Å². The van der Waals surface area contributed by atoms with Crippen LogP contribution in [0.3, 0.4) is 0 Å². The van der Waals surface area contributed by atoms with E-state index in [9.17, 15) is 40.5 Å². The summed E-state index contributed by atoms with van der Waals surface area (Å²) in [4.78, 5) is 20.0. The van der Waals surface area contributed by atoms with Crippen molar-refractivity contribution in [1.29, 1.82) is 0 Å². The molecule has 1 amide bonds. The number of alkyl carbamates (subject to hydrolysis) is 1. The van der Waals surface area contributed by atoms with Crippen molar-refractivity contribution in [3.63, 3.8) is 0 Å². The second-order valence-electron chi connectivity index (χ2n) is 10.7. The van der Waals surface area contributed by atoms with Crippen LogP contribution in [0.1, 0.15) is 6.92 Å². The highest BCUT2D eigenvalue weighted by Gasteiger charge is 2.69. The van der Waals surface area contributed by atoms with Gasteiger partial charge in [-0.25, -0.2) is 14.8 Å². The van der Waals surface area contributed by atoms with Crippen molar-refractivity contribution in [2.24, 2.45) is 32.9 Å². The molecular formula is C22H40N8O13. The molecule has 0 aromatic carbocycles. The van der Waals surface area contributed by atoms with E-state index in [1.807, 2.05) is 0 Å². The van der Waals surface area contributed by atoms with E-state index in [-0.39, 0.29) is 0 Å². The quantitative estimate of drug-likeness (QED) is 0.0880. The lowest BCUT2D eigenvalue weighted by molar-refractivity contribution is -0.318. The number of ether oxygens (including phenoxy) is 5. The molecule has 43 heavy (non-hydrogen) atoms. The number of nitrogens with two attached hydrogens (primary N) is 4. The molecule has 1 spiro atoms. The largest absolute Gasteiger partial charge is 0.432 e. The number of nitrogens with zero attached hydrogens (tertiary/aromatic N) is 2. The van der Waals surface area contributed by atoms with Gasteiger partial charge in [-0.05, 0) is 14.0 Å². The third-order valence-corrected chi connectivity index (χ3v) is 8.07. The molecule has 246 valence electrons. The Morgan fingerprint density at radius 2 is 1.53 bits per heavy atom. The molecule has 21 heteroatoms. The lowest BCUT2D eigenvalue weighted by Gasteiger charge is -2.46. The summed E-state index contributed by atoms with van der Waals surface area (Å²) < 4.78 is 29.2. The minimum absolute atomic E-state index is 0.508. The molecule has 16 atom stereocenters. The summed E-state index contributed by atoms with van der Waals surface area (Å²) in [7, 11) is 1.43. The number of hydrogen-bond acceptors (Lipinski definition) is 16. The van der Waals surface area contributed by atoms with Crippen molar-refractivity contribution >= 4 is 18.0 Å². The van der Waals surface area contributed by atoms with E-state index < -0.39 is 122 Å². The monoisotopic (exact) mass is 624 g/mol. The van der Waals surface area contributed by atoms with Gasteiger partial charge in [0.05, 0.1) is 12.6 Å². The van der Waals surface area contributed by atoms with Gasteiger partial charge in [0.25, 0.3) is 0 Å². The first-order chi connectivity index (χ1) is 20.2. The average Bonchev–Trinajstić information content (AvgIpc) is 3.38. The molecule has 0 aromatic rings. The van der Waals surface area contributed by atoms with Gasteiger partial charge in [-0.1, -0.05) is 0 Å². The van der Waals surface area contributed by atoms with Gasteiger partial charge in [0.15, 0.2) is 36.8 Å². The Balaban J connectivity index is 1.72. The average molecular weight is 625 g/mol. The first-order valence-electron chi connectivity index (χ1n) is 13.3. The number of rotatable bonds is 8. The summed E-state index contributed by atoms with van der Waals surface area (Å²) in [5.74, 6) is -1.04. The third kappa shape index (κ3) is 5.91. The number of likely N-dealkylation sites (N-methyl/N-ethyl adjacent to an activating group) is 1. The molecule has 1 aliphatic carbocycles. The summed E-state index contributed by atoms with van der Waals surface area (Å²) in [5, 5.41) is 79.4. The standard InChI is InChI=1S/C22H40N8O13/c1-4-22(18(37)30-21(38)43-22)15(42-16-8(27-2)12(35)9(32)5(3-31)40-16)17(39-4)41-14-7(29-20(25)26)10(33)6(28-19(23)24)11(34)13(14)36/h4-18,27,31-37H,3H2,1-2H3,(H,30,38)(H4,23,24,28)(H4,25,26,29)/t4-,5-,6-,7+,8-,9-,10-,11+,12-,13-,14-,15-,16-,17-,18-,22+/m0/s1. The Bertz CT molecular complexity index is 1070. The van der Waals surface area contributed by atoms with Crippen molar-refractivity contribution in [2.75, 3.05) is 13.7 Å². The predicted molar refractivity (Wildman–Crippen MR) is 140 cm³/mol. The van der Waals surface area contributed by atoms with E-state index in [0.717, 1.165) is 0 Å². The van der Waals surface area contributed by atoms with Crippen LogP contribution in [0.25, 0.3) is 0 Å². The predicted octanol–water partition coefficient (Wildman–Crippen LogP) is -8.29. The van der Waals surface area contributed by atoms with Crippen molar-refractivity contribution in [2.45, 2.75) is 104 Å². The number of carbonyl (C=O) groups excluding carboxylic acids is 1. The molecule has 0 bridgehead atoms. The minimum atomic E-state index is -2.03. The van der Waals surface area contributed by atoms with Gasteiger partial charge in [-0.3, -0.25) is 5.32 Å². The van der Waals surface area contributed by atoms with Crippen LogP contribution < -0.4 is 33.6 Å². The number of amides is 1. The number of hydrogen-bond donors (Lipinski definition) is 13. The number of guanidine groups is 2. The van der Waals surface area contributed by atoms with Crippen molar-refractivity contribution in [3.05, 3.63) is 0 Å². The van der Waals surface area contributed by atoms with Crippen LogP contribution >= 0.6 is 0 Å². The molecule has 3 heterocycles. The maximum Gasteiger partial charge on any atom is 0.410 e. The molecule has 3 aliphatic heterocycles. The van der Waals surface area contributed by atoms with Crippen LogP contribution in [0, 0.1) is 0 Å². The zero-order chi connectivity index (χ0) is 32.0. The summed E-state index contributed by atoms with van der Waals surface area (Å²) >= 11 is 0. The topological polar surface area (TPSA) is 358 Å². The molecular weight excluding hydrogens is 584 g/mol. The molecule has 21 nitrogen and oxygen atoms in total. The molecule has 1 saturated carbocycles. The first kappa shape index (κ1) is 33.2. The molecule has 0 unspecified atom stereocenters. The van der Waals surface area contributed by atoms with E-state index in [2.05, 4.69) is 20.6 Å². The van der Waals surface area contributed by atoms with Crippen LogP contribution in [0.15, 0.2) is 9.98 Å². The van der Waals surface area contributed by atoms with Gasteiger partial charge in [-0.15, -0.1) is 0 Å². The summed E-state index contributed by atoms with van der Waals surface area (Å²) in [5.41, 5.74) is 19.9. The van der Waals surface area contributed by atoms with Crippen LogP contribution in [0.5, 0.6) is 0 Å². The summed E-state index contributed by atoms with van der Waals surface area (Å²) in [6.45, 7) is 0.705. The smallest absolute Gasteiger partial charge is 0.410 e. The van der Waals surface area contributed by atoms with E-state index in [0.29, 0.717) is 0 Å². The van der Waals surface area contributed by atoms with Crippen molar-refractivity contribution < 1.29 is 64.2 Å². The number of carbonyl (C=O) groups is 1. The van der Waals surface area contributed by atoms with Gasteiger partial charge in [0.2, 0.25) is 5.60 Å². The van der Waals surface area contributed by atoms with Crippen molar-refractivity contribution in [1.82, 2.24) is 10.6 Å². The Labute approximate surface area is 244 Å². The fraction of sp³-hybridized carbons (Fsp3) is 0.864. The second kappa shape index (κ2) is 12.7. The maximum absolute atomic E-state index is 12.3. The zero-order valence-corrected chi connectivity index (χ0v) is 23.2. The van der Waals surface area contributed by atoms with Crippen LogP contribution in [-0.4, -0.2) is 165 Å². The Morgan fingerprint density at radius 3 is 2.07 bits per heavy atom. The Morgan fingerprint density at radius 1 is 0.907 bits per heavy atom. The molecule has 4 fully saturated rings. The molecule has 0 radical (unpaired) electrons. The number of aliphatic imine (C=N–C) groups is 2. The number of aliphatic hydroxyl groups is 7. The van der Waals surface area contributed by atoms with E-state index in [4.69, 9.17) is 46.6 Å². The lowest BCUT2D eigenvalue weighted by Crippen LogP contribution is -2.67. The second-order valence-corrected chi connectivity index (χ2v) is 10.7. The summed E-state index contributed by atoms with van der Waals surface area (Å²) in [6, 6.07) is -4.12. The SMILES string of the molecule is CN[C@@H]1[C@H](O[C@H]2[C@H](O[C@@H]3[C@@H](O)[C@H](O)[C@@H](N=C(N)N)[C@H](O)[C@H]3N=C(N)N)O[C@@H](C)[C@@]23OC(=O)N[C@H]3O)O[C@@H](CO)[C@H](O)[C@H]1O. The molecule has 17 N–H and O–H groups in total. The lowest BCUT2D eigenvalue weighted by atomic mass is 9.81. The van der Waals surface area contributed by atoms with Crippen LogP contribution in [0.2, 0.25) is 0 Å². The number of aliphatic hydroxyl groups excluding tert-OH is 7. The number of nitrogens with one attached hydrogen (secondary N) is 2. The highest BCUT2D eigenvalue weighted by atomic mass is 16.8. The van der Waals surface area contributed by atoms with Gasteiger partial charge >= 0.3 is 6.09 Å². The minimum Gasteiger partial charge on any atom is -0.432 e. The van der Waals surface area contributed by atoms with E-state index >= 15 is 0 Å². The highest BCUT2D eigenvalue weighted by molar-refractivity contribution is 5.76. The van der Waals surface area contributed by atoms with Crippen LogP contribution in [0.4, 0.5) is 4.79 Å². The molecule has 4 rings (SSSR count). The normalized spacial score (nSPS) is 48.0. The summed E-state index contributed by atoms with van der Waals surface area (Å²) in [6.07, 6.45) is -20.1. The fourth-order valence-electron chi connectivity index (χ4n) is 5.90. The molecule has 4 aliphatic rings. The fourth-order valence-corrected chi connectivity index (χ4v) is 5.90. The highest BCUT2D eigenvalue weighted by Crippen LogP contribution is 2.44. The van der Waals surface area contributed by atoms with E-state index in [1.165, 1.54) is 14.0 Å². The Hall–Kier alpha value is -2.67. The van der Waals surface area contributed by atoms with Crippen LogP contribution in [-0.2, 0) is 23.7 Å². The van der Waals surface area contributed by atoms with Crippen molar-refractivity contribution in [3.8, 4) is 0 Å². The maximum atomic E-state index is 12.3.